The van der Waals surface area contributed by atoms with Crippen molar-refractivity contribution in [1.29, 1.82) is 0 Å². The summed E-state index contributed by atoms with van der Waals surface area (Å²) in [5.41, 5.74) is 15.3. The summed E-state index contributed by atoms with van der Waals surface area (Å²) in [5, 5.41) is 3.26. The molecule has 3 aromatic rings. The van der Waals surface area contributed by atoms with Crippen molar-refractivity contribution in [2.75, 3.05) is 37.5 Å². The Hall–Kier alpha value is -3.22. The molecule has 3 rings (SSSR count). The smallest absolute Gasteiger partial charge is 0.145 e. The summed E-state index contributed by atoms with van der Waals surface area (Å²) >= 11 is 0. The molecule has 25 heavy (non-hydrogen) atoms. The molecule has 2 aromatic carbocycles. The van der Waals surface area contributed by atoms with Gasteiger partial charge >= 0.3 is 0 Å². The third kappa shape index (κ3) is 3.82. The number of nitrogens with two attached hydrogens (primary N) is 2. The molecule has 1 heterocycles. The second kappa shape index (κ2) is 7.12. The largest absolute Gasteiger partial charge is 0.497 e. The maximum atomic E-state index is 5.97. The van der Waals surface area contributed by atoms with E-state index in [2.05, 4.69) is 15.3 Å². The van der Waals surface area contributed by atoms with Crippen LogP contribution in [0.2, 0.25) is 0 Å². The summed E-state index contributed by atoms with van der Waals surface area (Å²) in [6, 6.07) is 9.25. The number of hydrogen-bond acceptors (Lipinski definition) is 7. The third-order valence-corrected chi connectivity index (χ3v) is 3.83. The van der Waals surface area contributed by atoms with Crippen molar-refractivity contribution >= 4 is 28.2 Å². The molecule has 0 saturated carbocycles. The summed E-state index contributed by atoms with van der Waals surface area (Å²) < 4.78 is 10.6. The fraction of sp³-hybridized carbons (Fsp3) is 0.222. The Morgan fingerprint density at radius 1 is 1.00 bits per heavy atom. The Bertz CT molecular complexity index is 876. The Kier molecular flexibility index (Phi) is 4.74. The highest BCUT2D eigenvalue weighted by Gasteiger charge is 2.06. The highest BCUT2D eigenvalue weighted by molar-refractivity contribution is 5.90. The minimum Gasteiger partial charge on any atom is -0.497 e. The number of benzene rings is 2. The SMILES string of the molecule is COc1cc(CCNc2cnc3cc(N)cc(N)c3n2)cc(OC)c1. The van der Waals surface area contributed by atoms with Crippen molar-refractivity contribution in [3.8, 4) is 11.5 Å². The van der Waals surface area contributed by atoms with Crippen LogP contribution in [-0.4, -0.2) is 30.7 Å². The number of fused-ring (bicyclic) bond motifs is 1. The monoisotopic (exact) mass is 339 g/mol. The standard InChI is InChI=1S/C18H21N5O2/c1-24-13-5-11(6-14(9-13)25-2)3-4-21-17-10-22-16-8-12(19)7-15(20)18(16)23-17/h5-10H,3-4,19-20H2,1-2H3,(H,21,23). The molecule has 1 aromatic heterocycles. The molecule has 0 amide bonds. The van der Waals surface area contributed by atoms with Gasteiger partial charge in [-0.05, 0) is 36.2 Å². The summed E-state index contributed by atoms with van der Waals surface area (Å²) in [6.45, 7) is 0.686. The van der Waals surface area contributed by atoms with E-state index >= 15 is 0 Å². The van der Waals surface area contributed by atoms with Crippen molar-refractivity contribution < 1.29 is 9.47 Å². The van der Waals surface area contributed by atoms with Gasteiger partial charge in [-0.25, -0.2) is 4.98 Å². The zero-order valence-corrected chi connectivity index (χ0v) is 14.2. The van der Waals surface area contributed by atoms with Gasteiger partial charge in [-0.3, -0.25) is 4.98 Å². The minimum atomic E-state index is 0.517. The van der Waals surface area contributed by atoms with E-state index in [-0.39, 0.29) is 0 Å². The molecule has 0 radical (unpaired) electrons. The summed E-state index contributed by atoms with van der Waals surface area (Å²) in [7, 11) is 3.28. The van der Waals surface area contributed by atoms with Crippen molar-refractivity contribution in [2.45, 2.75) is 6.42 Å². The van der Waals surface area contributed by atoms with Gasteiger partial charge < -0.3 is 26.3 Å². The fourth-order valence-corrected chi connectivity index (χ4v) is 2.59. The first-order valence-corrected chi connectivity index (χ1v) is 7.86. The second-order valence-electron chi connectivity index (χ2n) is 5.63. The lowest BCUT2D eigenvalue weighted by Crippen LogP contribution is -2.07. The maximum Gasteiger partial charge on any atom is 0.145 e. The van der Waals surface area contributed by atoms with E-state index in [0.29, 0.717) is 34.8 Å². The van der Waals surface area contributed by atoms with Crippen LogP contribution in [0.25, 0.3) is 11.0 Å². The van der Waals surface area contributed by atoms with E-state index in [1.165, 1.54) is 0 Å². The number of nitrogen functional groups attached to an aromatic ring is 2. The van der Waals surface area contributed by atoms with Crippen molar-refractivity contribution in [3.63, 3.8) is 0 Å². The van der Waals surface area contributed by atoms with Gasteiger partial charge in [0.25, 0.3) is 0 Å². The normalized spacial score (nSPS) is 10.6. The minimum absolute atomic E-state index is 0.517. The zero-order chi connectivity index (χ0) is 17.8. The molecular formula is C18H21N5O2. The summed E-state index contributed by atoms with van der Waals surface area (Å²) in [5.74, 6) is 2.20. The van der Waals surface area contributed by atoms with Crippen molar-refractivity contribution in [1.82, 2.24) is 9.97 Å². The molecular weight excluding hydrogens is 318 g/mol. The molecule has 0 aliphatic rings. The van der Waals surface area contributed by atoms with Gasteiger partial charge in [0.2, 0.25) is 0 Å². The second-order valence-corrected chi connectivity index (χ2v) is 5.63. The van der Waals surface area contributed by atoms with E-state index in [9.17, 15) is 0 Å². The molecule has 0 unspecified atom stereocenters. The van der Waals surface area contributed by atoms with Gasteiger partial charge in [-0.15, -0.1) is 0 Å². The Morgan fingerprint density at radius 2 is 1.72 bits per heavy atom. The number of ether oxygens (including phenoxy) is 2. The number of rotatable bonds is 6. The average molecular weight is 339 g/mol. The molecule has 0 aliphatic heterocycles. The first kappa shape index (κ1) is 16.6. The van der Waals surface area contributed by atoms with Gasteiger partial charge in [0, 0.05) is 18.3 Å². The van der Waals surface area contributed by atoms with Crippen LogP contribution in [0.15, 0.2) is 36.5 Å². The van der Waals surface area contributed by atoms with Crippen LogP contribution in [0.4, 0.5) is 17.2 Å². The zero-order valence-electron chi connectivity index (χ0n) is 14.2. The molecule has 0 spiro atoms. The van der Waals surface area contributed by atoms with Crippen LogP contribution in [0, 0.1) is 0 Å². The molecule has 0 atom stereocenters. The Balaban J connectivity index is 1.71. The molecule has 7 nitrogen and oxygen atoms in total. The first-order chi connectivity index (χ1) is 12.1. The number of methoxy groups -OCH3 is 2. The predicted octanol–water partition coefficient (Wildman–Crippen LogP) is 2.47. The van der Waals surface area contributed by atoms with Crippen molar-refractivity contribution in [3.05, 3.63) is 42.1 Å². The van der Waals surface area contributed by atoms with E-state index < -0.39 is 0 Å². The molecule has 0 saturated heterocycles. The predicted molar refractivity (Wildman–Crippen MR) is 100 cm³/mol. The van der Waals surface area contributed by atoms with Crippen LogP contribution in [-0.2, 0) is 6.42 Å². The van der Waals surface area contributed by atoms with Crippen molar-refractivity contribution in [2.24, 2.45) is 0 Å². The number of nitrogens with one attached hydrogen (secondary N) is 1. The molecule has 0 bridgehead atoms. The van der Waals surface area contributed by atoms with Gasteiger partial charge in [-0.2, -0.15) is 0 Å². The lowest BCUT2D eigenvalue weighted by atomic mass is 10.1. The van der Waals surface area contributed by atoms with Crippen LogP contribution in [0.3, 0.4) is 0 Å². The van der Waals surface area contributed by atoms with Gasteiger partial charge in [0.05, 0.1) is 31.6 Å². The number of anilines is 3. The lowest BCUT2D eigenvalue weighted by Gasteiger charge is -2.10. The van der Waals surface area contributed by atoms with Gasteiger partial charge in [0.1, 0.15) is 22.8 Å². The van der Waals surface area contributed by atoms with Crippen LogP contribution in [0.5, 0.6) is 11.5 Å². The number of hydrogen-bond donors (Lipinski definition) is 3. The van der Waals surface area contributed by atoms with E-state index in [0.717, 1.165) is 23.5 Å². The van der Waals surface area contributed by atoms with E-state index in [4.69, 9.17) is 20.9 Å². The van der Waals surface area contributed by atoms with Gasteiger partial charge in [-0.1, -0.05) is 0 Å². The molecule has 7 heteroatoms. The molecule has 0 fully saturated rings. The fourth-order valence-electron chi connectivity index (χ4n) is 2.59. The van der Waals surface area contributed by atoms with Crippen LogP contribution < -0.4 is 26.3 Å². The summed E-state index contributed by atoms with van der Waals surface area (Å²) in [4.78, 5) is 8.87. The molecule has 5 N–H and O–H groups in total. The highest BCUT2D eigenvalue weighted by Crippen LogP contribution is 2.24. The Labute approximate surface area is 146 Å². The lowest BCUT2D eigenvalue weighted by molar-refractivity contribution is 0.393. The Morgan fingerprint density at radius 3 is 2.40 bits per heavy atom. The number of aromatic nitrogens is 2. The number of nitrogens with zero attached hydrogens (tertiary/aromatic N) is 2. The van der Waals surface area contributed by atoms with E-state index in [1.807, 2.05) is 18.2 Å². The summed E-state index contributed by atoms with van der Waals surface area (Å²) in [6.07, 6.45) is 2.46. The molecule has 130 valence electrons. The highest BCUT2D eigenvalue weighted by atomic mass is 16.5. The van der Waals surface area contributed by atoms with Gasteiger partial charge in [0.15, 0.2) is 0 Å². The third-order valence-electron chi connectivity index (χ3n) is 3.83. The van der Waals surface area contributed by atoms with E-state index in [1.54, 1.807) is 32.5 Å². The molecule has 0 aliphatic carbocycles. The topological polar surface area (TPSA) is 108 Å². The first-order valence-electron chi connectivity index (χ1n) is 7.86. The maximum absolute atomic E-state index is 5.97. The van der Waals surface area contributed by atoms with Crippen LogP contribution in [0.1, 0.15) is 5.56 Å². The average Bonchev–Trinajstić information content (AvgIpc) is 2.61. The van der Waals surface area contributed by atoms with Crippen LogP contribution >= 0.6 is 0 Å². The quantitative estimate of drug-likeness (QED) is 0.592.